The van der Waals surface area contributed by atoms with Crippen LogP contribution in [0, 0.1) is 6.92 Å². The number of aryl methyl sites for hydroxylation is 1. The predicted octanol–water partition coefficient (Wildman–Crippen LogP) is 5.30. The van der Waals surface area contributed by atoms with Crippen LogP contribution >= 0.6 is 22.7 Å². The third kappa shape index (κ3) is 3.85. The first-order chi connectivity index (χ1) is 12.3. The van der Waals surface area contributed by atoms with E-state index in [9.17, 15) is 0 Å². The Labute approximate surface area is 155 Å². The molecular weight excluding hydrogens is 350 g/mol. The van der Waals surface area contributed by atoms with Gasteiger partial charge >= 0.3 is 0 Å². The number of thiazole rings is 1. The molecule has 0 spiro atoms. The first-order valence-corrected chi connectivity index (χ1v) is 10.4. The summed E-state index contributed by atoms with van der Waals surface area (Å²) in [6.45, 7) is 1.94. The molecule has 4 nitrogen and oxygen atoms in total. The van der Waals surface area contributed by atoms with Crippen molar-refractivity contribution in [3.05, 3.63) is 51.3 Å². The van der Waals surface area contributed by atoms with Gasteiger partial charge in [0.15, 0.2) is 0 Å². The van der Waals surface area contributed by atoms with E-state index in [-0.39, 0.29) is 0 Å². The third-order valence-electron chi connectivity index (χ3n) is 4.39. The zero-order valence-electron chi connectivity index (χ0n) is 14.2. The van der Waals surface area contributed by atoms with Gasteiger partial charge < -0.3 is 4.42 Å². The van der Waals surface area contributed by atoms with Crippen molar-refractivity contribution in [2.24, 2.45) is 10.1 Å². The Morgan fingerprint density at radius 1 is 1.16 bits per heavy atom. The molecule has 1 saturated carbocycles. The molecule has 3 aromatic rings. The van der Waals surface area contributed by atoms with Crippen LogP contribution in [0.5, 0.6) is 0 Å². The number of hydrogen-bond acceptors (Lipinski definition) is 5. The molecule has 0 bridgehead atoms. The lowest BCUT2D eigenvalue weighted by Crippen LogP contribution is -2.18. The van der Waals surface area contributed by atoms with E-state index in [1.165, 1.54) is 37.0 Å². The zero-order valence-corrected chi connectivity index (χ0v) is 15.9. The summed E-state index contributed by atoms with van der Waals surface area (Å²) in [5, 5.41) is 8.94. The SMILES string of the molecule is Cc1ccc(C=Nn2c(-c3cccs3)csc2=NC2CCCCC2)o1. The highest BCUT2D eigenvalue weighted by molar-refractivity contribution is 7.14. The molecule has 3 heterocycles. The van der Waals surface area contributed by atoms with Crippen LogP contribution in [-0.2, 0) is 0 Å². The summed E-state index contributed by atoms with van der Waals surface area (Å²) in [6, 6.07) is 8.51. The molecular formula is C19H21N3OS2. The fourth-order valence-corrected chi connectivity index (χ4v) is 4.80. The van der Waals surface area contributed by atoms with E-state index in [4.69, 9.17) is 14.5 Å². The van der Waals surface area contributed by atoms with Gasteiger partial charge in [-0.1, -0.05) is 25.3 Å². The Balaban J connectivity index is 1.73. The summed E-state index contributed by atoms with van der Waals surface area (Å²) < 4.78 is 7.58. The zero-order chi connectivity index (χ0) is 17.1. The average molecular weight is 372 g/mol. The van der Waals surface area contributed by atoms with Crippen LogP contribution in [0.1, 0.15) is 43.6 Å². The number of thiophene rings is 1. The van der Waals surface area contributed by atoms with Crippen molar-refractivity contribution in [1.29, 1.82) is 0 Å². The lowest BCUT2D eigenvalue weighted by molar-refractivity contribution is 0.435. The highest BCUT2D eigenvalue weighted by atomic mass is 32.1. The van der Waals surface area contributed by atoms with Crippen LogP contribution < -0.4 is 4.80 Å². The van der Waals surface area contributed by atoms with Crippen molar-refractivity contribution < 1.29 is 4.42 Å². The molecule has 0 N–H and O–H groups in total. The van der Waals surface area contributed by atoms with E-state index >= 15 is 0 Å². The molecule has 4 rings (SSSR count). The highest BCUT2D eigenvalue weighted by Gasteiger charge is 2.14. The van der Waals surface area contributed by atoms with Crippen molar-refractivity contribution in [3.63, 3.8) is 0 Å². The number of nitrogens with zero attached hydrogens (tertiary/aromatic N) is 3. The maximum atomic E-state index is 5.61. The van der Waals surface area contributed by atoms with Crippen molar-refractivity contribution >= 4 is 28.9 Å². The standard InChI is InChI=1S/C19H21N3OS2/c1-14-9-10-16(23-14)12-20-22-17(18-8-5-11-24-18)13-25-19(22)21-15-6-3-2-4-7-15/h5,8-13,15H,2-4,6-7H2,1H3. The molecule has 130 valence electrons. The molecule has 0 radical (unpaired) electrons. The third-order valence-corrected chi connectivity index (χ3v) is 6.11. The van der Waals surface area contributed by atoms with Crippen molar-refractivity contribution in [3.8, 4) is 10.6 Å². The second-order valence-electron chi connectivity index (χ2n) is 6.31. The molecule has 0 aliphatic heterocycles. The Morgan fingerprint density at radius 3 is 2.76 bits per heavy atom. The molecule has 25 heavy (non-hydrogen) atoms. The minimum absolute atomic E-state index is 0.427. The minimum atomic E-state index is 0.427. The van der Waals surface area contributed by atoms with Crippen LogP contribution in [0.3, 0.4) is 0 Å². The maximum Gasteiger partial charge on any atom is 0.206 e. The topological polar surface area (TPSA) is 42.8 Å². The van der Waals surface area contributed by atoms with Crippen molar-refractivity contribution in [2.75, 3.05) is 0 Å². The van der Waals surface area contributed by atoms with Crippen molar-refractivity contribution in [2.45, 2.75) is 45.1 Å². The Hall–Kier alpha value is -1.92. The quantitative estimate of drug-likeness (QED) is 0.574. The van der Waals surface area contributed by atoms with Crippen molar-refractivity contribution in [1.82, 2.24) is 4.68 Å². The summed E-state index contributed by atoms with van der Waals surface area (Å²) in [5.74, 6) is 1.65. The second kappa shape index (κ2) is 7.54. The fraction of sp³-hybridized carbons (Fsp3) is 0.368. The van der Waals surface area contributed by atoms with E-state index in [2.05, 4.69) is 22.9 Å². The van der Waals surface area contributed by atoms with Gasteiger partial charge in [0.1, 0.15) is 11.5 Å². The summed E-state index contributed by atoms with van der Waals surface area (Å²) in [4.78, 5) is 7.18. The van der Waals surface area contributed by atoms with Crippen LogP contribution in [0.15, 0.2) is 49.5 Å². The van der Waals surface area contributed by atoms with Gasteiger partial charge in [-0.25, -0.2) is 4.68 Å². The van der Waals surface area contributed by atoms with Gasteiger partial charge in [-0.15, -0.1) is 22.7 Å². The predicted molar refractivity (Wildman–Crippen MR) is 104 cm³/mol. The monoisotopic (exact) mass is 371 g/mol. The van der Waals surface area contributed by atoms with Gasteiger partial charge in [-0.2, -0.15) is 5.10 Å². The number of hydrogen-bond donors (Lipinski definition) is 0. The maximum absolute atomic E-state index is 5.61. The van der Waals surface area contributed by atoms with Gasteiger partial charge in [-0.05, 0) is 43.3 Å². The van der Waals surface area contributed by atoms with E-state index in [0.717, 1.165) is 22.0 Å². The molecule has 0 saturated heterocycles. The van der Waals surface area contributed by atoms with Gasteiger partial charge in [0, 0.05) is 5.38 Å². The Morgan fingerprint density at radius 2 is 2.04 bits per heavy atom. The smallest absolute Gasteiger partial charge is 0.206 e. The highest BCUT2D eigenvalue weighted by Crippen LogP contribution is 2.26. The Bertz CT molecular complexity index is 909. The molecule has 6 heteroatoms. The Kier molecular flexibility index (Phi) is 4.99. The largest absolute Gasteiger partial charge is 0.460 e. The summed E-state index contributed by atoms with van der Waals surface area (Å²) in [6.07, 6.45) is 8.06. The molecule has 3 aromatic heterocycles. The van der Waals surface area contributed by atoms with Crippen LogP contribution in [-0.4, -0.2) is 16.9 Å². The van der Waals surface area contributed by atoms with Gasteiger partial charge in [0.2, 0.25) is 4.80 Å². The average Bonchev–Trinajstić information content (AvgIpc) is 3.35. The first kappa shape index (κ1) is 16.5. The molecule has 0 unspecified atom stereocenters. The summed E-state index contributed by atoms with van der Waals surface area (Å²) in [5.41, 5.74) is 1.09. The van der Waals surface area contributed by atoms with E-state index < -0.39 is 0 Å². The number of aromatic nitrogens is 1. The molecule has 1 aliphatic rings. The second-order valence-corrected chi connectivity index (χ2v) is 8.09. The van der Waals surface area contributed by atoms with E-state index in [0.29, 0.717) is 6.04 Å². The molecule has 1 fully saturated rings. The van der Waals surface area contributed by atoms with Crippen LogP contribution in [0.2, 0.25) is 0 Å². The van der Waals surface area contributed by atoms with Crippen LogP contribution in [0.4, 0.5) is 0 Å². The fourth-order valence-electron chi connectivity index (χ4n) is 3.10. The van der Waals surface area contributed by atoms with E-state index in [1.54, 1.807) is 28.9 Å². The molecule has 0 atom stereocenters. The summed E-state index contributed by atoms with van der Waals surface area (Å²) in [7, 11) is 0. The molecule has 0 amide bonds. The number of furan rings is 1. The van der Waals surface area contributed by atoms with E-state index in [1.807, 2.05) is 23.7 Å². The van der Waals surface area contributed by atoms with Gasteiger partial charge in [-0.3, -0.25) is 4.99 Å². The minimum Gasteiger partial charge on any atom is -0.460 e. The lowest BCUT2D eigenvalue weighted by Gasteiger charge is -2.16. The number of rotatable bonds is 4. The lowest BCUT2D eigenvalue weighted by atomic mass is 9.96. The molecule has 0 aromatic carbocycles. The van der Waals surface area contributed by atoms with Crippen LogP contribution in [0.25, 0.3) is 10.6 Å². The van der Waals surface area contributed by atoms with Gasteiger partial charge in [0.25, 0.3) is 0 Å². The summed E-state index contributed by atoms with van der Waals surface area (Å²) >= 11 is 3.39. The normalized spacial score (nSPS) is 16.9. The molecule has 1 aliphatic carbocycles. The van der Waals surface area contributed by atoms with Gasteiger partial charge in [0.05, 0.1) is 22.8 Å². The first-order valence-electron chi connectivity index (χ1n) is 8.68.